The average Bonchev–Trinajstić information content (AvgIpc) is 2.47. The molecule has 19 heavy (non-hydrogen) atoms. The van der Waals surface area contributed by atoms with Crippen molar-refractivity contribution in [1.82, 2.24) is 9.80 Å². The number of piperidine rings is 2. The Labute approximate surface area is 116 Å². The Morgan fingerprint density at radius 2 is 1.79 bits per heavy atom. The van der Waals surface area contributed by atoms with Gasteiger partial charge in [-0.15, -0.1) is 0 Å². The zero-order chi connectivity index (χ0) is 13.7. The van der Waals surface area contributed by atoms with Crippen molar-refractivity contribution in [3.8, 4) is 0 Å². The summed E-state index contributed by atoms with van der Waals surface area (Å²) < 4.78 is 0. The first-order chi connectivity index (χ1) is 9.26. The van der Waals surface area contributed by atoms with Crippen molar-refractivity contribution in [2.45, 2.75) is 64.0 Å². The first kappa shape index (κ1) is 14.8. The molecule has 4 nitrogen and oxygen atoms in total. The van der Waals surface area contributed by atoms with Gasteiger partial charge in [0, 0.05) is 18.6 Å². The Kier molecular flexibility index (Phi) is 5.64. The molecule has 2 fully saturated rings. The van der Waals surface area contributed by atoms with Gasteiger partial charge in [-0.2, -0.15) is 0 Å². The molecule has 2 rings (SSSR count). The van der Waals surface area contributed by atoms with Crippen LogP contribution in [-0.2, 0) is 4.79 Å². The third kappa shape index (κ3) is 3.69. The van der Waals surface area contributed by atoms with Crippen molar-refractivity contribution in [3.05, 3.63) is 0 Å². The first-order valence-corrected chi connectivity index (χ1v) is 7.90. The van der Waals surface area contributed by atoms with Gasteiger partial charge in [-0.1, -0.05) is 13.3 Å². The van der Waals surface area contributed by atoms with E-state index in [-0.39, 0.29) is 18.6 Å². The third-order valence-electron chi connectivity index (χ3n) is 4.72. The summed E-state index contributed by atoms with van der Waals surface area (Å²) in [4.78, 5) is 16.8. The molecule has 2 saturated heterocycles. The number of nitrogens with zero attached hydrogens (tertiary/aromatic N) is 2. The van der Waals surface area contributed by atoms with E-state index in [1.54, 1.807) is 0 Å². The van der Waals surface area contributed by atoms with E-state index in [0.29, 0.717) is 12.6 Å². The van der Waals surface area contributed by atoms with Crippen LogP contribution in [0.2, 0.25) is 0 Å². The Hall–Kier alpha value is -0.610. The van der Waals surface area contributed by atoms with Crippen molar-refractivity contribution in [3.63, 3.8) is 0 Å². The average molecular weight is 268 g/mol. The number of aliphatic hydroxyl groups excluding tert-OH is 1. The molecule has 0 aromatic heterocycles. The van der Waals surface area contributed by atoms with Crippen LogP contribution in [0, 0.1) is 0 Å². The maximum absolute atomic E-state index is 12.5. The predicted molar refractivity (Wildman–Crippen MR) is 75.9 cm³/mol. The van der Waals surface area contributed by atoms with E-state index in [2.05, 4.69) is 16.7 Å². The normalized spacial score (nSPS) is 29.5. The number of amides is 1. The summed E-state index contributed by atoms with van der Waals surface area (Å²) in [5, 5.41) is 9.42. The molecule has 2 heterocycles. The number of carbonyl (C=O) groups excluding carboxylic acids is 1. The fourth-order valence-electron chi connectivity index (χ4n) is 3.49. The van der Waals surface area contributed by atoms with Crippen LogP contribution in [0.25, 0.3) is 0 Å². The van der Waals surface area contributed by atoms with E-state index >= 15 is 0 Å². The second-order valence-corrected chi connectivity index (χ2v) is 5.95. The molecule has 110 valence electrons. The van der Waals surface area contributed by atoms with Gasteiger partial charge in [0.15, 0.2) is 0 Å². The Morgan fingerprint density at radius 3 is 2.47 bits per heavy atom. The SMILES string of the molecule is CC[C@@H]1CCCCN1C(=O)CN1CCCC[C@@H]1CO. The summed E-state index contributed by atoms with van der Waals surface area (Å²) in [6.45, 7) is 4.75. The molecule has 2 atom stereocenters. The topological polar surface area (TPSA) is 43.8 Å². The van der Waals surface area contributed by atoms with Gasteiger partial charge < -0.3 is 10.0 Å². The fraction of sp³-hybridized carbons (Fsp3) is 0.933. The van der Waals surface area contributed by atoms with Gasteiger partial charge in [0.05, 0.1) is 13.2 Å². The number of carbonyl (C=O) groups is 1. The van der Waals surface area contributed by atoms with Crippen LogP contribution in [0.3, 0.4) is 0 Å². The standard InChI is InChI=1S/C15H28N2O2/c1-2-13-7-4-6-10-17(13)15(19)11-16-9-5-3-8-14(16)12-18/h13-14,18H,2-12H2,1H3/t13-,14-/m1/s1. The van der Waals surface area contributed by atoms with E-state index < -0.39 is 0 Å². The van der Waals surface area contributed by atoms with Crippen LogP contribution in [0.5, 0.6) is 0 Å². The van der Waals surface area contributed by atoms with Crippen LogP contribution in [-0.4, -0.2) is 59.1 Å². The number of likely N-dealkylation sites (tertiary alicyclic amines) is 2. The monoisotopic (exact) mass is 268 g/mol. The highest BCUT2D eigenvalue weighted by Crippen LogP contribution is 2.21. The molecule has 0 bridgehead atoms. The molecular formula is C15H28N2O2. The van der Waals surface area contributed by atoms with Crippen LogP contribution in [0.15, 0.2) is 0 Å². The molecule has 0 spiro atoms. The van der Waals surface area contributed by atoms with Gasteiger partial charge in [-0.05, 0) is 45.1 Å². The van der Waals surface area contributed by atoms with Gasteiger partial charge in [0.2, 0.25) is 5.91 Å². The summed E-state index contributed by atoms with van der Waals surface area (Å²) in [5.41, 5.74) is 0. The Bertz CT molecular complexity index is 296. The highest BCUT2D eigenvalue weighted by Gasteiger charge is 2.29. The van der Waals surface area contributed by atoms with Gasteiger partial charge in [-0.25, -0.2) is 0 Å². The summed E-state index contributed by atoms with van der Waals surface area (Å²) in [5.74, 6) is 0.270. The van der Waals surface area contributed by atoms with Crippen molar-refractivity contribution >= 4 is 5.91 Å². The maximum Gasteiger partial charge on any atom is 0.237 e. The molecule has 2 aliphatic heterocycles. The van der Waals surface area contributed by atoms with Gasteiger partial charge in [0.1, 0.15) is 0 Å². The molecule has 1 amide bonds. The predicted octanol–water partition coefficient (Wildman–Crippen LogP) is 1.62. The summed E-state index contributed by atoms with van der Waals surface area (Å²) in [7, 11) is 0. The van der Waals surface area contributed by atoms with Gasteiger partial charge >= 0.3 is 0 Å². The van der Waals surface area contributed by atoms with Crippen molar-refractivity contribution < 1.29 is 9.90 Å². The van der Waals surface area contributed by atoms with Crippen molar-refractivity contribution in [1.29, 1.82) is 0 Å². The zero-order valence-corrected chi connectivity index (χ0v) is 12.2. The lowest BCUT2D eigenvalue weighted by atomic mass is 9.99. The Morgan fingerprint density at radius 1 is 1.11 bits per heavy atom. The molecule has 0 aromatic carbocycles. The second-order valence-electron chi connectivity index (χ2n) is 5.95. The van der Waals surface area contributed by atoms with Gasteiger partial charge in [0.25, 0.3) is 0 Å². The quantitative estimate of drug-likeness (QED) is 0.842. The lowest BCUT2D eigenvalue weighted by Gasteiger charge is -2.39. The molecule has 0 aliphatic carbocycles. The molecule has 0 unspecified atom stereocenters. The summed E-state index contributed by atoms with van der Waals surface area (Å²) in [6, 6.07) is 0.640. The highest BCUT2D eigenvalue weighted by atomic mass is 16.3. The van der Waals surface area contributed by atoms with Gasteiger partial charge in [-0.3, -0.25) is 9.69 Å². The lowest BCUT2D eigenvalue weighted by Crippen LogP contribution is -2.51. The number of aliphatic hydroxyl groups is 1. The minimum atomic E-state index is 0.185. The van der Waals surface area contributed by atoms with E-state index in [1.165, 1.54) is 12.8 Å². The Balaban J connectivity index is 1.91. The van der Waals surface area contributed by atoms with Crippen LogP contribution < -0.4 is 0 Å². The maximum atomic E-state index is 12.5. The molecule has 0 saturated carbocycles. The van der Waals surface area contributed by atoms with Crippen LogP contribution in [0.1, 0.15) is 51.9 Å². The molecule has 0 aromatic rings. The van der Waals surface area contributed by atoms with Crippen LogP contribution in [0.4, 0.5) is 0 Å². The van der Waals surface area contributed by atoms with E-state index in [1.807, 2.05) is 0 Å². The summed E-state index contributed by atoms with van der Waals surface area (Å²) >= 11 is 0. The fourth-order valence-corrected chi connectivity index (χ4v) is 3.49. The number of hydrogen-bond donors (Lipinski definition) is 1. The minimum Gasteiger partial charge on any atom is -0.395 e. The molecule has 2 aliphatic rings. The second kappa shape index (κ2) is 7.25. The first-order valence-electron chi connectivity index (χ1n) is 7.90. The third-order valence-corrected chi connectivity index (χ3v) is 4.72. The largest absolute Gasteiger partial charge is 0.395 e. The van der Waals surface area contributed by atoms with E-state index in [4.69, 9.17) is 0 Å². The molecular weight excluding hydrogens is 240 g/mol. The van der Waals surface area contributed by atoms with Crippen molar-refractivity contribution in [2.24, 2.45) is 0 Å². The molecule has 1 N–H and O–H groups in total. The number of hydrogen-bond acceptors (Lipinski definition) is 3. The van der Waals surface area contributed by atoms with Crippen molar-refractivity contribution in [2.75, 3.05) is 26.2 Å². The molecule has 0 radical (unpaired) electrons. The zero-order valence-electron chi connectivity index (χ0n) is 12.2. The highest BCUT2D eigenvalue weighted by molar-refractivity contribution is 5.78. The van der Waals surface area contributed by atoms with E-state index in [9.17, 15) is 9.90 Å². The molecule has 4 heteroatoms. The number of rotatable bonds is 4. The lowest BCUT2D eigenvalue weighted by molar-refractivity contribution is -0.137. The van der Waals surface area contributed by atoms with E-state index in [0.717, 1.165) is 45.2 Å². The van der Waals surface area contributed by atoms with Crippen LogP contribution >= 0.6 is 0 Å². The smallest absolute Gasteiger partial charge is 0.237 e. The summed E-state index contributed by atoms with van der Waals surface area (Å²) in [6.07, 6.45) is 7.98. The minimum absolute atomic E-state index is 0.185.